The van der Waals surface area contributed by atoms with Crippen LogP contribution in [0.15, 0.2) is 28.9 Å². The van der Waals surface area contributed by atoms with Crippen molar-refractivity contribution in [2.24, 2.45) is 0 Å². The average molecular weight is 322 g/mol. The maximum Gasteiger partial charge on any atom is 0.291 e. The number of aliphatic hydroxyl groups excluding tert-OH is 1. The van der Waals surface area contributed by atoms with Crippen molar-refractivity contribution in [1.29, 1.82) is 0 Å². The van der Waals surface area contributed by atoms with E-state index in [2.05, 4.69) is 10.6 Å². The Morgan fingerprint density at radius 3 is 2.68 bits per heavy atom. The number of aryl methyl sites for hydroxylation is 1. The van der Waals surface area contributed by atoms with Gasteiger partial charge < -0.3 is 20.2 Å². The second kappa shape index (κ2) is 6.33. The summed E-state index contributed by atoms with van der Waals surface area (Å²) in [4.78, 5) is 24.6. The van der Waals surface area contributed by atoms with Crippen molar-refractivity contribution in [3.8, 4) is 0 Å². The molecule has 0 bridgehead atoms. The molecule has 3 N–H and O–H groups in total. The largest absolute Gasteiger partial charge is 0.459 e. The quantitative estimate of drug-likeness (QED) is 0.788. The molecule has 0 fully saturated rings. The lowest BCUT2D eigenvalue weighted by Gasteiger charge is -2.23. The molecule has 22 heavy (non-hydrogen) atoms. The van der Waals surface area contributed by atoms with Gasteiger partial charge in [0.15, 0.2) is 5.76 Å². The Morgan fingerprint density at radius 2 is 2.09 bits per heavy atom. The Morgan fingerprint density at radius 1 is 1.36 bits per heavy atom. The molecule has 0 aliphatic carbocycles. The summed E-state index contributed by atoms with van der Waals surface area (Å²) in [6.45, 7) is 5.09. The second-order valence-corrected chi connectivity index (χ2v) is 6.60. The molecule has 118 valence electrons. The van der Waals surface area contributed by atoms with Crippen molar-refractivity contribution >= 4 is 28.2 Å². The maximum absolute atomic E-state index is 12.2. The molecule has 0 unspecified atom stereocenters. The monoisotopic (exact) mass is 322 g/mol. The summed E-state index contributed by atoms with van der Waals surface area (Å²) in [5.74, 6) is -0.438. The molecule has 0 saturated carbocycles. The van der Waals surface area contributed by atoms with Crippen molar-refractivity contribution < 1.29 is 19.1 Å². The molecule has 2 heterocycles. The first-order chi connectivity index (χ1) is 10.3. The Kier molecular flexibility index (Phi) is 4.68. The van der Waals surface area contributed by atoms with Gasteiger partial charge in [0.1, 0.15) is 0 Å². The van der Waals surface area contributed by atoms with Crippen LogP contribution in [0.5, 0.6) is 0 Å². The van der Waals surface area contributed by atoms with Gasteiger partial charge in [0.2, 0.25) is 0 Å². The van der Waals surface area contributed by atoms with Gasteiger partial charge in [-0.15, -0.1) is 11.3 Å². The van der Waals surface area contributed by atoms with Crippen molar-refractivity contribution in [1.82, 2.24) is 5.32 Å². The summed E-state index contributed by atoms with van der Waals surface area (Å²) in [5.41, 5.74) is 0.0523. The second-order valence-electron chi connectivity index (χ2n) is 5.55. The van der Waals surface area contributed by atoms with Gasteiger partial charge in [0, 0.05) is 0 Å². The van der Waals surface area contributed by atoms with E-state index in [-0.39, 0.29) is 24.2 Å². The van der Waals surface area contributed by atoms with Crippen molar-refractivity contribution in [2.45, 2.75) is 26.3 Å². The van der Waals surface area contributed by atoms with E-state index in [1.165, 1.54) is 17.6 Å². The number of amides is 2. The lowest BCUT2D eigenvalue weighted by atomic mass is 10.1. The fourth-order valence-corrected chi connectivity index (χ4v) is 2.72. The number of nitrogens with one attached hydrogen (secondary N) is 2. The first-order valence-corrected chi connectivity index (χ1v) is 7.53. The van der Waals surface area contributed by atoms with Crippen LogP contribution in [0.1, 0.15) is 39.6 Å². The van der Waals surface area contributed by atoms with Gasteiger partial charge in [-0.3, -0.25) is 9.59 Å². The predicted molar refractivity (Wildman–Crippen MR) is 84.3 cm³/mol. The van der Waals surface area contributed by atoms with Crippen LogP contribution in [-0.2, 0) is 0 Å². The van der Waals surface area contributed by atoms with Crippen LogP contribution in [0, 0.1) is 6.92 Å². The van der Waals surface area contributed by atoms with Crippen LogP contribution in [0.25, 0.3) is 0 Å². The van der Waals surface area contributed by atoms with E-state index in [0.29, 0.717) is 9.88 Å². The fourth-order valence-electron chi connectivity index (χ4n) is 1.75. The van der Waals surface area contributed by atoms with E-state index < -0.39 is 5.54 Å². The van der Waals surface area contributed by atoms with Crippen LogP contribution in [-0.4, -0.2) is 29.1 Å². The highest BCUT2D eigenvalue weighted by Gasteiger charge is 2.23. The molecule has 0 radical (unpaired) electrons. The number of thiophene rings is 1. The third-order valence-corrected chi connectivity index (χ3v) is 4.10. The Labute approximate surface area is 132 Å². The number of hydrogen-bond donors (Lipinski definition) is 3. The van der Waals surface area contributed by atoms with E-state index in [4.69, 9.17) is 4.42 Å². The molecule has 2 rings (SSSR count). The molecular formula is C15H18N2O4S. The summed E-state index contributed by atoms with van der Waals surface area (Å²) in [7, 11) is 0. The summed E-state index contributed by atoms with van der Waals surface area (Å²) in [5, 5.41) is 15.2. The van der Waals surface area contributed by atoms with Crippen LogP contribution < -0.4 is 10.6 Å². The Hall–Kier alpha value is -2.12. The van der Waals surface area contributed by atoms with E-state index in [9.17, 15) is 14.7 Å². The molecule has 2 amide bonds. The van der Waals surface area contributed by atoms with Crippen LogP contribution >= 0.6 is 11.3 Å². The van der Waals surface area contributed by atoms with Gasteiger partial charge in [-0.1, -0.05) is 0 Å². The van der Waals surface area contributed by atoms with Gasteiger partial charge in [0.05, 0.1) is 28.3 Å². The number of carbonyl (C=O) groups excluding carboxylic acids is 2. The topological polar surface area (TPSA) is 91.6 Å². The average Bonchev–Trinajstić information content (AvgIpc) is 3.08. The van der Waals surface area contributed by atoms with Gasteiger partial charge in [-0.25, -0.2) is 0 Å². The first-order valence-electron chi connectivity index (χ1n) is 6.71. The molecule has 0 aliphatic heterocycles. The highest BCUT2D eigenvalue weighted by atomic mass is 32.1. The minimum atomic E-state index is -0.703. The number of furan rings is 1. The van der Waals surface area contributed by atoms with Gasteiger partial charge in [0.25, 0.3) is 11.8 Å². The normalized spacial score (nSPS) is 11.3. The van der Waals surface area contributed by atoms with Crippen molar-refractivity contribution in [2.75, 3.05) is 11.9 Å². The molecule has 0 aliphatic rings. The lowest BCUT2D eigenvalue weighted by molar-refractivity contribution is 0.0872. The lowest BCUT2D eigenvalue weighted by Crippen LogP contribution is -2.46. The summed E-state index contributed by atoms with van der Waals surface area (Å²) < 4.78 is 5.02. The van der Waals surface area contributed by atoms with E-state index >= 15 is 0 Å². The van der Waals surface area contributed by atoms with Crippen molar-refractivity contribution in [3.05, 3.63) is 40.7 Å². The number of rotatable bonds is 5. The summed E-state index contributed by atoms with van der Waals surface area (Å²) in [6.07, 6.45) is 1.42. The third kappa shape index (κ3) is 3.75. The minimum Gasteiger partial charge on any atom is -0.459 e. The van der Waals surface area contributed by atoms with E-state index in [1.807, 2.05) is 0 Å². The minimum absolute atomic E-state index is 0.161. The summed E-state index contributed by atoms with van der Waals surface area (Å²) in [6, 6.07) is 4.92. The molecule has 7 heteroatoms. The van der Waals surface area contributed by atoms with Gasteiger partial charge in [-0.2, -0.15) is 0 Å². The van der Waals surface area contributed by atoms with E-state index in [0.717, 1.165) is 5.56 Å². The van der Waals surface area contributed by atoms with Crippen molar-refractivity contribution in [3.63, 3.8) is 0 Å². The fraction of sp³-hybridized carbons (Fsp3) is 0.333. The molecule has 0 saturated heterocycles. The predicted octanol–water partition coefficient (Wildman–Crippen LogP) is 2.40. The number of anilines is 1. The van der Waals surface area contributed by atoms with E-state index in [1.54, 1.807) is 39.0 Å². The first kappa shape index (κ1) is 16.3. The standard InChI is InChI=1S/C15H18N2O4S/c1-9-7-11(16-13(19)10-5-4-6-21-10)22-12(9)14(20)17-15(2,3)8-18/h4-7,18H,8H2,1-3H3,(H,16,19)(H,17,20). The SMILES string of the molecule is Cc1cc(NC(=O)c2ccco2)sc1C(=O)NC(C)(C)CO. The maximum atomic E-state index is 12.2. The number of hydrogen-bond acceptors (Lipinski definition) is 5. The molecule has 2 aromatic heterocycles. The number of carbonyl (C=O) groups is 2. The molecule has 2 aromatic rings. The smallest absolute Gasteiger partial charge is 0.291 e. The highest BCUT2D eigenvalue weighted by molar-refractivity contribution is 7.18. The molecular weight excluding hydrogens is 304 g/mol. The third-order valence-electron chi connectivity index (χ3n) is 2.95. The zero-order valence-corrected chi connectivity index (χ0v) is 13.4. The molecule has 0 atom stereocenters. The van der Waals surface area contributed by atoms with Gasteiger partial charge in [-0.05, 0) is 44.5 Å². The Bertz CT molecular complexity index is 674. The molecule has 0 spiro atoms. The summed E-state index contributed by atoms with van der Waals surface area (Å²) >= 11 is 1.18. The van der Waals surface area contributed by atoms with Crippen LogP contribution in [0.3, 0.4) is 0 Å². The highest BCUT2D eigenvalue weighted by Crippen LogP contribution is 2.27. The van der Waals surface area contributed by atoms with Crippen LogP contribution in [0.4, 0.5) is 5.00 Å². The Balaban J connectivity index is 2.11. The molecule has 6 nitrogen and oxygen atoms in total. The number of aliphatic hydroxyl groups is 1. The van der Waals surface area contributed by atoms with Gasteiger partial charge >= 0.3 is 0 Å². The van der Waals surface area contributed by atoms with Crippen LogP contribution in [0.2, 0.25) is 0 Å². The zero-order chi connectivity index (χ0) is 16.3. The molecule has 0 aromatic carbocycles. The zero-order valence-electron chi connectivity index (χ0n) is 12.6.